The summed E-state index contributed by atoms with van der Waals surface area (Å²) in [6, 6.07) is 6.90. The van der Waals surface area contributed by atoms with Gasteiger partial charge < -0.3 is 5.32 Å². The van der Waals surface area contributed by atoms with Gasteiger partial charge in [0.25, 0.3) is 0 Å². The van der Waals surface area contributed by atoms with E-state index in [-0.39, 0.29) is 0 Å². The molecule has 0 spiro atoms. The van der Waals surface area contributed by atoms with Crippen molar-refractivity contribution in [3.05, 3.63) is 34.3 Å². The molecule has 1 nitrogen and oxygen atoms in total. The Hall–Kier alpha value is -0.530. The zero-order valence-corrected chi connectivity index (χ0v) is 20.2. The zero-order valence-electron chi connectivity index (χ0n) is 19.5. The summed E-state index contributed by atoms with van der Waals surface area (Å²) in [4.78, 5) is 0. The lowest BCUT2D eigenvalue weighted by atomic mass is 9.60. The molecule has 1 N–H and O–H groups in total. The fraction of sp³-hybridized carbons (Fsp3) is 0.778. The number of rotatable bonds is 8. The molecule has 164 valence electrons. The van der Waals surface area contributed by atoms with E-state index in [1.54, 1.807) is 0 Å². The quantitative estimate of drug-likeness (QED) is 0.420. The summed E-state index contributed by atoms with van der Waals surface area (Å²) < 4.78 is 0. The van der Waals surface area contributed by atoms with Crippen molar-refractivity contribution in [1.29, 1.82) is 0 Å². The average molecular weight is 418 g/mol. The van der Waals surface area contributed by atoms with Gasteiger partial charge in [-0.15, -0.1) is 0 Å². The van der Waals surface area contributed by atoms with E-state index in [4.69, 9.17) is 11.6 Å². The van der Waals surface area contributed by atoms with Gasteiger partial charge in [-0.3, -0.25) is 0 Å². The van der Waals surface area contributed by atoms with Gasteiger partial charge in [-0.1, -0.05) is 83.5 Å². The Balaban J connectivity index is 1.43. The van der Waals surface area contributed by atoms with E-state index < -0.39 is 0 Å². The minimum atomic E-state index is 0.401. The number of benzene rings is 1. The normalized spacial score (nSPS) is 22.7. The Kier molecular flexibility index (Phi) is 8.13. The molecule has 1 aromatic carbocycles. The topological polar surface area (TPSA) is 12.0 Å². The molecule has 2 fully saturated rings. The molecule has 0 atom stereocenters. The predicted molar refractivity (Wildman–Crippen MR) is 128 cm³/mol. The Labute approximate surface area is 185 Å². The van der Waals surface area contributed by atoms with Crippen molar-refractivity contribution in [3.8, 4) is 0 Å². The maximum absolute atomic E-state index is 6.78. The fourth-order valence-electron chi connectivity index (χ4n) is 6.45. The highest BCUT2D eigenvalue weighted by molar-refractivity contribution is 6.31. The van der Waals surface area contributed by atoms with Crippen LogP contribution in [0.5, 0.6) is 0 Å². The van der Waals surface area contributed by atoms with Crippen molar-refractivity contribution < 1.29 is 0 Å². The summed E-state index contributed by atoms with van der Waals surface area (Å²) in [5.41, 5.74) is 3.57. The van der Waals surface area contributed by atoms with Crippen LogP contribution in [0.2, 0.25) is 5.02 Å². The summed E-state index contributed by atoms with van der Waals surface area (Å²) >= 11 is 6.78. The molecule has 0 saturated heterocycles. The Morgan fingerprint density at radius 1 is 0.966 bits per heavy atom. The molecule has 0 aliphatic heterocycles. The average Bonchev–Trinajstić information content (AvgIpc) is 2.63. The van der Waals surface area contributed by atoms with E-state index in [1.807, 2.05) is 0 Å². The number of halogens is 1. The van der Waals surface area contributed by atoms with Gasteiger partial charge in [-0.05, 0) is 91.5 Å². The number of hydrogen-bond donors (Lipinski definition) is 1. The second kappa shape index (κ2) is 10.2. The van der Waals surface area contributed by atoms with Crippen LogP contribution in [0.25, 0.3) is 0 Å². The molecule has 2 aliphatic rings. The Morgan fingerprint density at radius 2 is 1.66 bits per heavy atom. The lowest BCUT2D eigenvalue weighted by Gasteiger charge is -2.45. The van der Waals surface area contributed by atoms with Gasteiger partial charge in [0.2, 0.25) is 0 Å². The molecule has 0 unspecified atom stereocenters. The molecule has 0 radical (unpaired) electrons. The van der Waals surface area contributed by atoms with E-state index in [0.717, 1.165) is 23.9 Å². The van der Waals surface area contributed by atoms with Crippen LogP contribution in [0.3, 0.4) is 0 Å². The fourth-order valence-corrected chi connectivity index (χ4v) is 6.81. The third-order valence-corrected chi connectivity index (χ3v) is 7.66. The van der Waals surface area contributed by atoms with Crippen LogP contribution >= 0.6 is 11.6 Å². The predicted octanol–water partition coefficient (Wildman–Crippen LogP) is 8.15. The number of nitrogens with one attached hydrogen (secondary N) is 1. The molecule has 3 rings (SSSR count). The first-order chi connectivity index (χ1) is 13.7. The monoisotopic (exact) mass is 417 g/mol. The highest BCUT2D eigenvalue weighted by Gasteiger charge is 2.39. The number of aryl methyl sites for hydroxylation is 1. The van der Waals surface area contributed by atoms with Crippen LogP contribution in [0, 0.1) is 16.7 Å². The van der Waals surface area contributed by atoms with Gasteiger partial charge in [0.1, 0.15) is 0 Å². The van der Waals surface area contributed by atoms with Gasteiger partial charge in [-0.2, -0.15) is 0 Å². The molecule has 0 bridgehead atoms. The van der Waals surface area contributed by atoms with Crippen LogP contribution in [-0.2, 0) is 6.42 Å². The van der Waals surface area contributed by atoms with Crippen molar-refractivity contribution in [3.63, 3.8) is 0 Å². The van der Waals surface area contributed by atoms with Gasteiger partial charge in [0.05, 0.1) is 0 Å². The van der Waals surface area contributed by atoms with Gasteiger partial charge in [-0.25, -0.2) is 0 Å². The van der Waals surface area contributed by atoms with Crippen molar-refractivity contribution in [1.82, 2.24) is 5.32 Å². The Bertz CT molecular complexity index is 626. The molecule has 0 heterocycles. The first-order valence-electron chi connectivity index (χ1n) is 12.2. The van der Waals surface area contributed by atoms with Crippen molar-refractivity contribution in [2.75, 3.05) is 13.1 Å². The smallest absolute Gasteiger partial charge is 0.0443 e. The highest BCUT2D eigenvalue weighted by Crippen LogP contribution is 2.52. The summed E-state index contributed by atoms with van der Waals surface area (Å²) in [7, 11) is 0. The van der Waals surface area contributed by atoms with Crippen LogP contribution in [0.4, 0.5) is 0 Å². The maximum atomic E-state index is 6.78. The molecule has 29 heavy (non-hydrogen) atoms. The SMILES string of the molecule is CC1(C)CC(c2ccc(CCCNCCC3CCCCC3)cc2Cl)CC(C)(C)C1. The van der Waals surface area contributed by atoms with E-state index in [1.165, 1.54) is 81.9 Å². The zero-order chi connectivity index (χ0) is 20.9. The van der Waals surface area contributed by atoms with Gasteiger partial charge >= 0.3 is 0 Å². The molecule has 1 aromatic rings. The first kappa shape index (κ1) is 23.1. The minimum Gasteiger partial charge on any atom is -0.317 e. The van der Waals surface area contributed by atoms with Gasteiger partial charge in [0, 0.05) is 5.02 Å². The molecule has 2 saturated carbocycles. The standard InChI is InChI=1S/C27H44ClN/c1-26(2)18-23(19-27(3,4)20-26)24-13-12-22(17-25(24)28)11-8-15-29-16-14-21-9-6-5-7-10-21/h12-13,17,21,23,29H,5-11,14-16,18-20H2,1-4H3. The van der Waals surface area contributed by atoms with Gasteiger partial charge in [0.15, 0.2) is 0 Å². The minimum absolute atomic E-state index is 0.401. The maximum Gasteiger partial charge on any atom is 0.0443 e. The van der Waals surface area contributed by atoms with Crippen LogP contribution in [0.1, 0.15) is 109 Å². The van der Waals surface area contributed by atoms with Crippen molar-refractivity contribution in [2.45, 2.75) is 104 Å². The Morgan fingerprint density at radius 3 is 2.31 bits per heavy atom. The molecule has 0 aromatic heterocycles. The summed E-state index contributed by atoms with van der Waals surface area (Å²) in [6.45, 7) is 12.0. The van der Waals surface area contributed by atoms with Crippen LogP contribution in [0.15, 0.2) is 18.2 Å². The summed E-state index contributed by atoms with van der Waals surface area (Å²) in [5.74, 6) is 1.58. The molecule has 0 amide bonds. The summed E-state index contributed by atoms with van der Waals surface area (Å²) in [6.07, 6.45) is 14.8. The van der Waals surface area contributed by atoms with Crippen molar-refractivity contribution in [2.24, 2.45) is 16.7 Å². The van der Waals surface area contributed by atoms with E-state index >= 15 is 0 Å². The molecular weight excluding hydrogens is 374 g/mol. The molecular formula is C27H44ClN. The molecule has 2 aliphatic carbocycles. The molecule has 2 heteroatoms. The van der Waals surface area contributed by atoms with Crippen LogP contribution < -0.4 is 5.32 Å². The van der Waals surface area contributed by atoms with E-state index in [0.29, 0.717) is 16.7 Å². The largest absolute Gasteiger partial charge is 0.317 e. The second-order valence-corrected chi connectivity index (χ2v) is 12.0. The summed E-state index contributed by atoms with van der Waals surface area (Å²) in [5, 5.41) is 4.66. The first-order valence-corrected chi connectivity index (χ1v) is 12.6. The number of hydrogen-bond acceptors (Lipinski definition) is 1. The lowest BCUT2D eigenvalue weighted by molar-refractivity contribution is 0.0969. The third-order valence-electron chi connectivity index (χ3n) is 7.33. The lowest BCUT2D eigenvalue weighted by Crippen LogP contribution is -2.33. The van der Waals surface area contributed by atoms with Crippen LogP contribution in [-0.4, -0.2) is 13.1 Å². The highest BCUT2D eigenvalue weighted by atomic mass is 35.5. The van der Waals surface area contributed by atoms with Crippen molar-refractivity contribution >= 4 is 11.6 Å². The second-order valence-electron chi connectivity index (χ2n) is 11.6. The van der Waals surface area contributed by atoms with E-state index in [2.05, 4.69) is 51.2 Å². The third kappa shape index (κ3) is 7.28. The van der Waals surface area contributed by atoms with E-state index in [9.17, 15) is 0 Å².